The van der Waals surface area contributed by atoms with Crippen molar-refractivity contribution >= 4 is 33.6 Å². The lowest BCUT2D eigenvalue weighted by Gasteiger charge is -2.28. The summed E-state index contributed by atoms with van der Waals surface area (Å²) in [5.74, 6) is 4.37. The van der Waals surface area contributed by atoms with Crippen molar-refractivity contribution in [3.8, 4) is 10.8 Å². The number of amides is 1. The monoisotopic (exact) mass is 289 g/mol. The maximum Gasteiger partial charge on any atom is 0.296 e. The minimum absolute atomic E-state index is 0.166. The summed E-state index contributed by atoms with van der Waals surface area (Å²) in [7, 11) is 0. The highest BCUT2D eigenvalue weighted by atomic mass is 79.9. The number of thioether (sulfide) groups is 1. The predicted molar refractivity (Wildman–Crippen MR) is 69.0 cm³/mol. The fourth-order valence-corrected chi connectivity index (χ4v) is 2.96. The van der Waals surface area contributed by atoms with Crippen LogP contribution in [0, 0.1) is 16.7 Å². The summed E-state index contributed by atoms with van der Waals surface area (Å²) in [4.78, 5) is 13.6. The smallest absolute Gasteiger partial charge is 0.296 e. The Bertz CT molecular complexity index is 263. The summed E-state index contributed by atoms with van der Waals surface area (Å²) < 4.78 is 0. The van der Waals surface area contributed by atoms with Crippen LogP contribution in [0.5, 0.6) is 0 Å². The van der Waals surface area contributed by atoms with Gasteiger partial charge in [-0.25, -0.2) is 0 Å². The molecule has 4 heteroatoms. The summed E-state index contributed by atoms with van der Waals surface area (Å²) in [5.41, 5.74) is 0. The molecule has 15 heavy (non-hydrogen) atoms. The molecule has 0 spiro atoms. The Kier molecular flexibility index (Phi) is 6.19. The summed E-state index contributed by atoms with van der Waals surface area (Å²) in [6.07, 6.45) is 6.81. The number of rotatable bonds is 3. The van der Waals surface area contributed by atoms with Gasteiger partial charge in [0.25, 0.3) is 5.91 Å². The number of nitrogens with one attached hydrogen (secondary N) is 1. The lowest BCUT2D eigenvalue weighted by Crippen LogP contribution is -2.37. The largest absolute Gasteiger partial charge is 0.343 e. The molecule has 1 rings (SSSR count). The first-order chi connectivity index (χ1) is 7.26. The van der Waals surface area contributed by atoms with E-state index < -0.39 is 0 Å². The van der Waals surface area contributed by atoms with Crippen molar-refractivity contribution in [2.24, 2.45) is 5.92 Å². The maximum atomic E-state index is 11.2. The molecule has 2 nitrogen and oxygen atoms in total. The zero-order chi connectivity index (χ0) is 11.1. The number of carbonyl (C=O) groups excluding carboxylic acids is 1. The average molecular weight is 290 g/mol. The molecule has 1 fully saturated rings. The van der Waals surface area contributed by atoms with Crippen LogP contribution in [0.25, 0.3) is 0 Å². The van der Waals surface area contributed by atoms with E-state index in [1.165, 1.54) is 18.6 Å². The Morgan fingerprint density at radius 1 is 1.47 bits per heavy atom. The third kappa shape index (κ3) is 4.94. The van der Waals surface area contributed by atoms with Gasteiger partial charge in [-0.2, -0.15) is 11.8 Å². The van der Waals surface area contributed by atoms with Gasteiger partial charge in [-0.15, -0.1) is 0 Å². The standard InChI is InChI=1S/C11H16BrNOS/c1-15-8-9-2-4-10(5-3-9)13-11(14)6-7-12/h9-10H,2-5,8H2,1H3,(H,13,14). The van der Waals surface area contributed by atoms with Gasteiger partial charge in [0.15, 0.2) is 0 Å². The molecule has 0 bridgehead atoms. The van der Waals surface area contributed by atoms with Crippen LogP contribution < -0.4 is 5.32 Å². The van der Waals surface area contributed by atoms with E-state index in [0.29, 0.717) is 6.04 Å². The highest BCUT2D eigenvalue weighted by Gasteiger charge is 2.21. The van der Waals surface area contributed by atoms with Crippen molar-refractivity contribution in [2.45, 2.75) is 31.7 Å². The zero-order valence-corrected chi connectivity index (χ0v) is 11.3. The van der Waals surface area contributed by atoms with Gasteiger partial charge in [0, 0.05) is 27.9 Å². The first-order valence-corrected chi connectivity index (χ1v) is 7.36. The zero-order valence-electron chi connectivity index (χ0n) is 8.88. The molecule has 0 atom stereocenters. The fraction of sp³-hybridized carbons (Fsp3) is 0.727. The van der Waals surface area contributed by atoms with Gasteiger partial charge < -0.3 is 5.32 Å². The second-order valence-corrected chi connectivity index (χ2v) is 5.17. The Labute approximate surface area is 104 Å². The molecular weight excluding hydrogens is 274 g/mol. The van der Waals surface area contributed by atoms with E-state index in [4.69, 9.17) is 0 Å². The van der Waals surface area contributed by atoms with E-state index in [9.17, 15) is 4.79 Å². The molecule has 1 N–H and O–H groups in total. The van der Waals surface area contributed by atoms with Crippen molar-refractivity contribution in [2.75, 3.05) is 12.0 Å². The quantitative estimate of drug-likeness (QED) is 0.809. The van der Waals surface area contributed by atoms with Crippen LogP contribution in [0.2, 0.25) is 0 Å². The summed E-state index contributed by atoms with van der Waals surface area (Å²) in [6, 6.07) is 0.337. The molecule has 0 aliphatic heterocycles. The summed E-state index contributed by atoms with van der Waals surface area (Å²) >= 11 is 4.84. The SMILES string of the molecule is CSCC1CCC(NC(=O)C#CBr)CC1. The van der Waals surface area contributed by atoms with E-state index in [-0.39, 0.29) is 5.91 Å². The molecule has 1 aliphatic rings. The van der Waals surface area contributed by atoms with Gasteiger partial charge >= 0.3 is 0 Å². The van der Waals surface area contributed by atoms with Crippen LogP contribution in [-0.4, -0.2) is 24.0 Å². The predicted octanol–water partition coefficient (Wildman–Crippen LogP) is 2.38. The van der Waals surface area contributed by atoms with E-state index in [0.717, 1.165) is 18.8 Å². The van der Waals surface area contributed by atoms with Crippen molar-refractivity contribution in [1.29, 1.82) is 0 Å². The van der Waals surface area contributed by atoms with Gasteiger partial charge in [-0.1, -0.05) is 0 Å². The third-order valence-corrected chi connectivity index (χ3v) is 3.75. The highest BCUT2D eigenvalue weighted by Crippen LogP contribution is 2.26. The number of hydrogen-bond donors (Lipinski definition) is 1. The van der Waals surface area contributed by atoms with Crippen molar-refractivity contribution < 1.29 is 4.79 Å². The molecule has 1 amide bonds. The lowest BCUT2D eigenvalue weighted by molar-refractivity contribution is -0.116. The van der Waals surface area contributed by atoms with Crippen LogP contribution in [0.15, 0.2) is 0 Å². The molecule has 0 heterocycles. The highest BCUT2D eigenvalue weighted by molar-refractivity contribution is 9.12. The summed E-state index contributed by atoms with van der Waals surface area (Å²) in [6.45, 7) is 0. The third-order valence-electron chi connectivity index (χ3n) is 2.75. The molecule has 0 aromatic rings. The normalized spacial score (nSPS) is 25.2. The van der Waals surface area contributed by atoms with Gasteiger partial charge in [-0.05, 0) is 48.4 Å². The minimum Gasteiger partial charge on any atom is -0.343 e. The van der Waals surface area contributed by atoms with Crippen molar-refractivity contribution in [1.82, 2.24) is 5.32 Å². The number of carbonyl (C=O) groups is 1. The second-order valence-electron chi connectivity index (χ2n) is 3.87. The van der Waals surface area contributed by atoms with Crippen LogP contribution in [-0.2, 0) is 4.79 Å². The molecule has 0 aromatic carbocycles. The van der Waals surface area contributed by atoms with E-state index in [1.54, 1.807) is 0 Å². The van der Waals surface area contributed by atoms with E-state index in [1.807, 2.05) is 11.8 Å². The molecular formula is C11H16BrNOS. The Hall–Kier alpha value is -0.140. The molecule has 1 aliphatic carbocycles. The van der Waals surface area contributed by atoms with E-state index in [2.05, 4.69) is 38.3 Å². The first-order valence-electron chi connectivity index (χ1n) is 5.17. The van der Waals surface area contributed by atoms with Crippen molar-refractivity contribution in [3.63, 3.8) is 0 Å². The van der Waals surface area contributed by atoms with Crippen molar-refractivity contribution in [3.05, 3.63) is 0 Å². The fourth-order valence-electron chi connectivity index (χ4n) is 1.97. The van der Waals surface area contributed by atoms with Crippen LogP contribution >= 0.6 is 27.7 Å². The second kappa shape index (κ2) is 7.19. The number of halogens is 1. The van der Waals surface area contributed by atoms with Gasteiger partial charge in [0.2, 0.25) is 0 Å². The Balaban J connectivity index is 2.24. The van der Waals surface area contributed by atoms with Gasteiger partial charge in [-0.3, -0.25) is 4.79 Å². The molecule has 0 radical (unpaired) electrons. The molecule has 1 saturated carbocycles. The topological polar surface area (TPSA) is 29.1 Å². The van der Waals surface area contributed by atoms with Crippen LogP contribution in [0.1, 0.15) is 25.7 Å². The maximum absolute atomic E-state index is 11.2. The van der Waals surface area contributed by atoms with Gasteiger partial charge in [0.05, 0.1) is 0 Å². The van der Waals surface area contributed by atoms with Crippen LogP contribution in [0.3, 0.4) is 0 Å². The first kappa shape index (κ1) is 12.9. The average Bonchev–Trinajstić information content (AvgIpc) is 2.22. The molecule has 0 aromatic heterocycles. The molecule has 84 valence electrons. The molecule has 0 saturated heterocycles. The number of hydrogen-bond acceptors (Lipinski definition) is 2. The minimum atomic E-state index is -0.166. The van der Waals surface area contributed by atoms with Gasteiger partial charge in [0.1, 0.15) is 0 Å². The lowest BCUT2D eigenvalue weighted by atomic mass is 9.87. The summed E-state index contributed by atoms with van der Waals surface area (Å²) in [5, 5.41) is 2.93. The van der Waals surface area contributed by atoms with Crippen LogP contribution in [0.4, 0.5) is 0 Å². The van der Waals surface area contributed by atoms with E-state index >= 15 is 0 Å². The molecule has 0 unspecified atom stereocenters. The Morgan fingerprint density at radius 3 is 2.67 bits per heavy atom. The Morgan fingerprint density at radius 2 is 2.13 bits per heavy atom.